The van der Waals surface area contributed by atoms with Gasteiger partial charge in [0.05, 0.1) is 11.4 Å². The number of hydrogen-bond acceptors (Lipinski definition) is 3. The smallest absolute Gasteiger partial charge is 0.317 e. The minimum atomic E-state index is -0.244. The van der Waals surface area contributed by atoms with Crippen LogP contribution in [0.15, 0.2) is 30.3 Å². The molecule has 2 aromatic rings. The van der Waals surface area contributed by atoms with E-state index in [1.54, 1.807) is 9.58 Å². The van der Waals surface area contributed by atoms with Crippen molar-refractivity contribution < 1.29 is 9.59 Å². The monoisotopic (exact) mass is 441 g/mol. The maximum absolute atomic E-state index is 13.0. The van der Waals surface area contributed by atoms with E-state index in [1.807, 2.05) is 51.1 Å². The van der Waals surface area contributed by atoms with Crippen molar-refractivity contribution in [3.63, 3.8) is 0 Å². The van der Waals surface area contributed by atoms with Gasteiger partial charge in [-0.2, -0.15) is 5.10 Å². The number of carbonyl (C=O) groups is 2. The number of aryl methyl sites for hydroxylation is 1. The van der Waals surface area contributed by atoms with Gasteiger partial charge < -0.3 is 15.5 Å². The van der Waals surface area contributed by atoms with E-state index in [-0.39, 0.29) is 29.8 Å². The van der Waals surface area contributed by atoms with Crippen molar-refractivity contribution in [2.75, 3.05) is 25.0 Å². The normalized spacial score (nSPS) is 11.5. The Balaban J connectivity index is 2.25. The highest BCUT2D eigenvalue weighted by atomic mass is 16.2. The largest absolute Gasteiger partial charge is 0.338 e. The molecular weight excluding hydrogens is 402 g/mol. The standard InChI is InChI=1S/C25H39N5O2/c1-8-9-14-26-24(32)29(16-18(2)3)17-23(31)27-22-15-21(25(5,6)7)28-30(22)20-13-11-10-12-19(20)4/h10-13,15,18H,8-9,14,16-17H2,1-7H3,(H,26,32)(H,27,31). The molecule has 2 N–H and O–H groups in total. The number of benzene rings is 1. The summed E-state index contributed by atoms with van der Waals surface area (Å²) in [5.41, 5.74) is 2.68. The highest BCUT2D eigenvalue weighted by Crippen LogP contribution is 2.27. The second-order valence-corrected chi connectivity index (χ2v) is 9.77. The number of nitrogens with zero attached hydrogens (tertiary/aromatic N) is 3. The van der Waals surface area contributed by atoms with E-state index in [9.17, 15) is 9.59 Å². The predicted molar refractivity (Wildman–Crippen MR) is 130 cm³/mol. The lowest BCUT2D eigenvalue weighted by Crippen LogP contribution is -2.46. The van der Waals surface area contributed by atoms with Gasteiger partial charge in [0.15, 0.2) is 0 Å². The van der Waals surface area contributed by atoms with Crippen molar-refractivity contribution in [1.82, 2.24) is 20.0 Å². The fraction of sp³-hybridized carbons (Fsp3) is 0.560. The fourth-order valence-corrected chi connectivity index (χ4v) is 3.32. The molecule has 1 aromatic carbocycles. The molecule has 0 saturated heterocycles. The van der Waals surface area contributed by atoms with E-state index in [4.69, 9.17) is 5.10 Å². The third kappa shape index (κ3) is 7.11. The number of hydrogen-bond donors (Lipinski definition) is 2. The van der Waals surface area contributed by atoms with E-state index in [0.29, 0.717) is 18.9 Å². The summed E-state index contributed by atoms with van der Waals surface area (Å²) < 4.78 is 1.78. The molecule has 176 valence electrons. The average Bonchev–Trinajstić information content (AvgIpc) is 3.11. The van der Waals surface area contributed by atoms with Crippen LogP contribution in [0, 0.1) is 12.8 Å². The Kier molecular flexibility index (Phi) is 8.87. The summed E-state index contributed by atoms with van der Waals surface area (Å²) in [5, 5.41) is 10.7. The van der Waals surface area contributed by atoms with E-state index in [1.165, 1.54) is 0 Å². The van der Waals surface area contributed by atoms with Crippen LogP contribution in [-0.2, 0) is 10.2 Å². The van der Waals surface area contributed by atoms with Gasteiger partial charge in [0, 0.05) is 24.6 Å². The Labute approximate surface area is 192 Å². The summed E-state index contributed by atoms with van der Waals surface area (Å²) in [7, 11) is 0. The minimum Gasteiger partial charge on any atom is -0.338 e. The van der Waals surface area contributed by atoms with Gasteiger partial charge in [-0.15, -0.1) is 0 Å². The maximum atomic E-state index is 13.0. The Morgan fingerprint density at radius 2 is 1.88 bits per heavy atom. The van der Waals surface area contributed by atoms with E-state index >= 15 is 0 Å². The second-order valence-electron chi connectivity index (χ2n) is 9.77. The highest BCUT2D eigenvalue weighted by molar-refractivity contribution is 5.94. The second kappa shape index (κ2) is 11.2. The number of amides is 3. The van der Waals surface area contributed by atoms with E-state index in [0.717, 1.165) is 29.8 Å². The molecule has 0 aliphatic rings. The van der Waals surface area contributed by atoms with Crippen molar-refractivity contribution in [3.8, 4) is 5.69 Å². The number of para-hydroxylation sites is 1. The molecule has 7 nitrogen and oxygen atoms in total. The first-order valence-electron chi connectivity index (χ1n) is 11.5. The van der Waals surface area contributed by atoms with E-state index < -0.39 is 0 Å². The first-order valence-corrected chi connectivity index (χ1v) is 11.5. The summed E-state index contributed by atoms with van der Waals surface area (Å²) in [4.78, 5) is 27.2. The van der Waals surface area contributed by atoms with Gasteiger partial charge in [0.2, 0.25) is 5.91 Å². The third-order valence-electron chi connectivity index (χ3n) is 5.10. The molecule has 0 saturated carbocycles. The zero-order valence-electron chi connectivity index (χ0n) is 20.7. The molecule has 0 spiro atoms. The average molecular weight is 442 g/mol. The van der Waals surface area contributed by atoms with Crippen LogP contribution in [0.1, 0.15) is 65.6 Å². The number of rotatable bonds is 9. The molecule has 0 radical (unpaired) electrons. The van der Waals surface area contributed by atoms with Gasteiger partial charge in [-0.3, -0.25) is 4.79 Å². The molecule has 0 fully saturated rings. The third-order valence-corrected chi connectivity index (χ3v) is 5.10. The van der Waals surface area contributed by atoms with Gasteiger partial charge in [-0.05, 0) is 30.9 Å². The first kappa shape index (κ1) is 25.4. The molecule has 0 bridgehead atoms. The van der Waals surface area contributed by atoms with Crippen molar-refractivity contribution >= 4 is 17.8 Å². The van der Waals surface area contributed by atoms with Gasteiger partial charge in [0.25, 0.3) is 0 Å². The van der Waals surface area contributed by atoms with Crippen LogP contribution in [0.4, 0.5) is 10.6 Å². The summed E-state index contributed by atoms with van der Waals surface area (Å²) in [6, 6.07) is 9.65. The number of aromatic nitrogens is 2. The lowest BCUT2D eigenvalue weighted by atomic mass is 9.92. The highest BCUT2D eigenvalue weighted by Gasteiger charge is 2.23. The molecule has 3 amide bonds. The molecule has 7 heteroatoms. The molecule has 2 rings (SSSR count). The number of urea groups is 1. The lowest BCUT2D eigenvalue weighted by molar-refractivity contribution is -0.116. The van der Waals surface area contributed by atoms with Crippen molar-refractivity contribution in [2.24, 2.45) is 5.92 Å². The number of anilines is 1. The quantitative estimate of drug-likeness (QED) is 0.544. The molecule has 1 aromatic heterocycles. The molecule has 0 unspecified atom stereocenters. The summed E-state index contributed by atoms with van der Waals surface area (Å²) in [6.07, 6.45) is 1.92. The Bertz CT molecular complexity index is 911. The Morgan fingerprint density at radius 3 is 2.47 bits per heavy atom. The predicted octanol–water partition coefficient (Wildman–Crippen LogP) is 4.88. The molecule has 0 aliphatic heterocycles. The SMILES string of the molecule is CCCCNC(=O)N(CC(=O)Nc1cc(C(C)(C)C)nn1-c1ccccc1C)CC(C)C. The fourth-order valence-electron chi connectivity index (χ4n) is 3.32. The molecule has 0 atom stereocenters. The first-order chi connectivity index (χ1) is 15.0. The topological polar surface area (TPSA) is 79.3 Å². The van der Waals surface area contributed by atoms with Crippen LogP contribution >= 0.6 is 0 Å². The van der Waals surface area contributed by atoms with E-state index in [2.05, 4.69) is 38.3 Å². The number of nitrogens with one attached hydrogen (secondary N) is 2. The zero-order chi connectivity index (χ0) is 23.9. The minimum absolute atomic E-state index is 0.0139. The van der Waals surface area contributed by atoms with Crippen molar-refractivity contribution in [3.05, 3.63) is 41.6 Å². The maximum Gasteiger partial charge on any atom is 0.317 e. The van der Waals surface area contributed by atoms with Gasteiger partial charge >= 0.3 is 6.03 Å². The van der Waals surface area contributed by atoms with Crippen LogP contribution in [-0.4, -0.2) is 46.3 Å². The van der Waals surface area contributed by atoms with Crippen LogP contribution < -0.4 is 10.6 Å². The summed E-state index contributed by atoms with van der Waals surface area (Å²) in [5.74, 6) is 0.612. The Hall–Kier alpha value is -2.83. The van der Waals surface area contributed by atoms with Crippen LogP contribution in [0.5, 0.6) is 0 Å². The molecule has 1 heterocycles. The van der Waals surface area contributed by atoms with Gasteiger partial charge in [-0.25, -0.2) is 9.48 Å². The lowest BCUT2D eigenvalue weighted by Gasteiger charge is -2.24. The molecular formula is C25H39N5O2. The van der Waals surface area contributed by atoms with Crippen molar-refractivity contribution in [2.45, 2.75) is 66.7 Å². The summed E-state index contributed by atoms with van der Waals surface area (Å²) >= 11 is 0. The summed E-state index contributed by atoms with van der Waals surface area (Å²) in [6.45, 7) is 15.5. The molecule has 0 aliphatic carbocycles. The number of carbonyl (C=O) groups excluding carboxylic acids is 2. The Morgan fingerprint density at radius 1 is 1.19 bits per heavy atom. The van der Waals surface area contributed by atoms with Gasteiger partial charge in [0.1, 0.15) is 12.4 Å². The molecule has 32 heavy (non-hydrogen) atoms. The van der Waals surface area contributed by atoms with Crippen LogP contribution in [0.25, 0.3) is 5.69 Å². The zero-order valence-corrected chi connectivity index (χ0v) is 20.7. The van der Waals surface area contributed by atoms with Crippen LogP contribution in [0.3, 0.4) is 0 Å². The van der Waals surface area contributed by atoms with Crippen LogP contribution in [0.2, 0.25) is 0 Å². The van der Waals surface area contributed by atoms with Gasteiger partial charge in [-0.1, -0.05) is 66.2 Å². The number of unbranched alkanes of at least 4 members (excludes halogenated alkanes) is 1. The van der Waals surface area contributed by atoms with Crippen molar-refractivity contribution in [1.29, 1.82) is 0 Å².